The Morgan fingerprint density at radius 3 is 2.80 bits per heavy atom. The number of hydrogen-bond donors (Lipinski definition) is 1. The third kappa shape index (κ3) is 3.29. The van der Waals surface area contributed by atoms with Crippen LogP contribution in [-0.4, -0.2) is 30.6 Å². The van der Waals surface area contributed by atoms with Gasteiger partial charge in [-0.25, -0.2) is 0 Å². The lowest BCUT2D eigenvalue weighted by Crippen LogP contribution is -2.51. The monoisotopic (exact) mass is 286 g/mol. The highest BCUT2D eigenvalue weighted by Gasteiger charge is 2.26. The highest BCUT2D eigenvalue weighted by atomic mass is 32.1. The molecule has 2 heterocycles. The molecule has 2 unspecified atom stereocenters. The van der Waals surface area contributed by atoms with Crippen LogP contribution in [0, 0.1) is 0 Å². The number of piperazine rings is 1. The summed E-state index contributed by atoms with van der Waals surface area (Å²) in [5, 5.41) is 5.79. The molecule has 2 aromatic rings. The van der Waals surface area contributed by atoms with E-state index in [1.165, 1.54) is 10.4 Å². The van der Waals surface area contributed by atoms with Gasteiger partial charge >= 0.3 is 0 Å². The van der Waals surface area contributed by atoms with E-state index < -0.39 is 0 Å². The van der Waals surface area contributed by atoms with Gasteiger partial charge in [-0.15, -0.1) is 11.3 Å². The first-order valence-electron chi connectivity index (χ1n) is 7.37. The molecule has 1 aliphatic rings. The second-order valence-electron chi connectivity index (χ2n) is 5.56. The smallest absolute Gasteiger partial charge is 0.0473 e. The van der Waals surface area contributed by atoms with Gasteiger partial charge in [-0.3, -0.25) is 4.90 Å². The molecular formula is C17H22N2S. The van der Waals surface area contributed by atoms with E-state index in [4.69, 9.17) is 0 Å². The van der Waals surface area contributed by atoms with Gasteiger partial charge in [0.25, 0.3) is 0 Å². The molecular weight excluding hydrogens is 264 g/mol. The average Bonchev–Trinajstić information content (AvgIpc) is 2.99. The number of thiophene rings is 1. The van der Waals surface area contributed by atoms with Gasteiger partial charge in [-0.05, 0) is 30.4 Å². The highest BCUT2D eigenvalue weighted by Crippen LogP contribution is 2.24. The molecule has 1 aromatic heterocycles. The summed E-state index contributed by atoms with van der Waals surface area (Å²) in [4.78, 5) is 4.12. The largest absolute Gasteiger partial charge is 0.311 e. The summed E-state index contributed by atoms with van der Waals surface area (Å²) in [6, 6.07) is 16.4. The summed E-state index contributed by atoms with van der Waals surface area (Å²) in [5.74, 6) is 0. The molecule has 1 aromatic carbocycles. The molecule has 0 saturated carbocycles. The summed E-state index contributed by atoms with van der Waals surface area (Å²) in [6.45, 7) is 5.60. The fraction of sp³-hybridized carbons (Fsp3) is 0.412. The lowest BCUT2D eigenvalue weighted by molar-refractivity contribution is 0.137. The predicted molar refractivity (Wildman–Crippen MR) is 86.2 cm³/mol. The molecule has 0 amide bonds. The third-order valence-corrected chi connectivity index (χ3v) is 4.95. The van der Waals surface area contributed by atoms with Crippen LogP contribution in [-0.2, 0) is 6.42 Å². The minimum atomic E-state index is 0.507. The summed E-state index contributed by atoms with van der Waals surface area (Å²) in [7, 11) is 0. The Kier molecular flexibility index (Phi) is 4.51. The van der Waals surface area contributed by atoms with Gasteiger partial charge in [0, 0.05) is 36.6 Å². The molecule has 3 heteroatoms. The molecule has 20 heavy (non-hydrogen) atoms. The van der Waals surface area contributed by atoms with E-state index in [1.54, 1.807) is 0 Å². The quantitative estimate of drug-likeness (QED) is 0.927. The summed E-state index contributed by atoms with van der Waals surface area (Å²) < 4.78 is 0. The molecule has 1 aliphatic heterocycles. The van der Waals surface area contributed by atoms with Crippen molar-refractivity contribution in [3.8, 4) is 0 Å². The summed E-state index contributed by atoms with van der Waals surface area (Å²) >= 11 is 1.87. The zero-order valence-electron chi connectivity index (χ0n) is 12.0. The van der Waals surface area contributed by atoms with Gasteiger partial charge in [0.15, 0.2) is 0 Å². The van der Waals surface area contributed by atoms with Crippen molar-refractivity contribution in [2.75, 3.05) is 19.6 Å². The maximum atomic E-state index is 3.61. The number of hydrogen-bond acceptors (Lipinski definition) is 3. The Hall–Kier alpha value is -1.16. The third-order valence-electron chi connectivity index (χ3n) is 4.02. The van der Waals surface area contributed by atoms with Crippen molar-refractivity contribution in [1.82, 2.24) is 10.2 Å². The Bertz CT molecular complexity index is 509. The van der Waals surface area contributed by atoms with E-state index in [0.717, 1.165) is 26.1 Å². The molecule has 0 bridgehead atoms. The molecule has 1 N–H and O–H groups in total. The van der Waals surface area contributed by atoms with Gasteiger partial charge in [0.05, 0.1) is 0 Å². The van der Waals surface area contributed by atoms with Crippen LogP contribution in [0.2, 0.25) is 0 Å². The van der Waals surface area contributed by atoms with Gasteiger partial charge < -0.3 is 5.32 Å². The van der Waals surface area contributed by atoms with Crippen molar-refractivity contribution in [3.05, 3.63) is 58.3 Å². The molecule has 3 rings (SSSR count). The van der Waals surface area contributed by atoms with Crippen molar-refractivity contribution < 1.29 is 0 Å². The lowest BCUT2D eigenvalue weighted by Gasteiger charge is -2.39. The molecule has 0 spiro atoms. The van der Waals surface area contributed by atoms with E-state index in [0.29, 0.717) is 12.1 Å². The van der Waals surface area contributed by atoms with Crippen molar-refractivity contribution in [3.63, 3.8) is 0 Å². The molecule has 1 fully saturated rings. The van der Waals surface area contributed by atoms with Gasteiger partial charge in [-0.2, -0.15) is 0 Å². The Labute approximate surface area is 125 Å². The molecule has 1 saturated heterocycles. The van der Waals surface area contributed by atoms with E-state index in [2.05, 4.69) is 65.0 Å². The fourth-order valence-corrected chi connectivity index (χ4v) is 3.64. The van der Waals surface area contributed by atoms with Crippen molar-refractivity contribution in [1.29, 1.82) is 0 Å². The number of benzene rings is 1. The van der Waals surface area contributed by atoms with Gasteiger partial charge in [0.2, 0.25) is 0 Å². The van der Waals surface area contributed by atoms with E-state index >= 15 is 0 Å². The van der Waals surface area contributed by atoms with Crippen LogP contribution in [0.1, 0.15) is 23.4 Å². The van der Waals surface area contributed by atoms with Crippen LogP contribution in [0.5, 0.6) is 0 Å². The number of nitrogens with one attached hydrogen (secondary N) is 1. The first-order valence-corrected chi connectivity index (χ1v) is 8.25. The zero-order valence-corrected chi connectivity index (χ0v) is 12.8. The highest BCUT2D eigenvalue weighted by molar-refractivity contribution is 7.09. The summed E-state index contributed by atoms with van der Waals surface area (Å²) in [5.41, 5.74) is 1.43. The van der Waals surface area contributed by atoms with Crippen molar-refractivity contribution in [2.45, 2.75) is 25.4 Å². The van der Waals surface area contributed by atoms with Crippen LogP contribution in [0.15, 0.2) is 47.8 Å². The molecule has 2 nitrogen and oxygen atoms in total. The van der Waals surface area contributed by atoms with Crippen LogP contribution in [0.25, 0.3) is 0 Å². The maximum absolute atomic E-state index is 3.61. The van der Waals surface area contributed by atoms with Gasteiger partial charge in [0.1, 0.15) is 0 Å². The predicted octanol–water partition coefficient (Wildman–Crippen LogP) is 3.33. The van der Waals surface area contributed by atoms with Gasteiger partial charge in [-0.1, -0.05) is 36.4 Å². The number of nitrogens with zero attached hydrogens (tertiary/aromatic N) is 1. The van der Waals surface area contributed by atoms with Crippen molar-refractivity contribution in [2.24, 2.45) is 0 Å². The molecule has 106 valence electrons. The Balaban J connectivity index is 1.70. The normalized spacial score (nSPS) is 23.9. The minimum absolute atomic E-state index is 0.507. The first kappa shape index (κ1) is 13.8. The Morgan fingerprint density at radius 2 is 2.05 bits per heavy atom. The van der Waals surface area contributed by atoms with Crippen molar-refractivity contribution >= 4 is 11.3 Å². The van der Waals surface area contributed by atoms with E-state index in [9.17, 15) is 0 Å². The van der Waals surface area contributed by atoms with E-state index in [-0.39, 0.29) is 0 Å². The minimum Gasteiger partial charge on any atom is -0.311 e. The average molecular weight is 286 g/mol. The molecule has 0 radical (unpaired) electrons. The van der Waals surface area contributed by atoms with Crippen LogP contribution >= 0.6 is 11.3 Å². The molecule has 2 atom stereocenters. The van der Waals surface area contributed by atoms with Crippen LogP contribution in [0.4, 0.5) is 0 Å². The van der Waals surface area contributed by atoms with Crippen LogP contribution < -0.4 is 5.32 Å². The maximum Gasteiger partial charge on any atom is 0.0473 e. The topological polar surface area (TPSA) is 15.3 Å². The fourth-order valence-electron chi connectivity index (χ4n) is 2.95. The second-order valence-corrected chi connectivity index (χ2v) is 6.59. The van der Waals surface area contributed by atoms with Crippen LogP contribution in [0.3, 0.4) is 0 Å². The second kappa shape index (κ2) is 6.53. The standard InChI is InChI=1S/C17H22N2S/c1-14-13-19(10-9-16-8-5-11-20-16)17(12-18-14)15-6-3-2-4-7-15/h2-8,11,14,17-18H,9-10,12-13H2,1H3. The lowest BCUT2D eigenvalue weighted by atomic mass is 10.0. The number of rotatable bonds is 4. The zero-order chi connectivity index (χ0) is 13.8. The summed E-state index contributed by atoms with van der Waals surface area (Å²) in [6.07, 6.45) is 1.16. The SMILES string of the molecule is CC1CN(CCc2cccs2)C(c2ccccc2)CN1. The van der Waals surface area contributed by atoms with E-state index in [1.807, 2.05) is 11.3 Å². The Morgan fingerprint density at radius 1 is 1.20 bits per heavy atom. The molecule has 0 aliphatic carbocycles. The first-order chi connectivity index (χ1) is 9.83.